The number of aromatic nitrogens is 2. The molecule has 0 N–H and O–H groups in total. The maximum Gasteiger partial charge on any atom is 0.160 e. The summed E-state index contributed by atoms with van der Waals surface area (Å²) >= 11 is 1.82. The SMILES string of the molecule is c1ccc(-c2nc(-c3cc(-c4cccc5ccccc45)cc(-c4cccc5c4oc4ccccc45)c3)cc(-c3cccc4c3sc3ccccc34)n2)cc1. The second-order valence-electron chi connectivity index (χ2n) is 13.7. The normalized spacial score (nSPS) is 11.7. The van der Waals surface area contributed by atoms with Crippen molar-refractivity contribution in [3.8, 4) is 56.2 Å². The molecule has 3 heterocycles. The van der Waals surface area contributed by atoms with Gasteiger partial charge in [0.25, 0.3) is 0 Å². The molecule has 3 aromatic heterocycles. The van der Waals surface area contributed by atoms with Gasteiger partial charge in [0.05, 0.1) is 11.4 Å². The summed E-state index contributed by atoms with van der Waals surface area (Å²) in [5.74, 6) is 0.692. The molecule has 0 aliphatic heterocycles. The van der Waals surface area contributed by atoms with Crippen LogP contribution in [0, 0.1) is 0 Å². The molecule has 8 aromatic carbocycles. The lowest BCUT2D eigenvalue weighted by Crippen LogP contribution is -1.97. The second-order valence-corrected chi connectivity index (χ2v) is 14.8. The van der Waals surface area contributed by atoms with Crippen molar-refractivity contribution < 1.29 is 4.42 Å². The van der Waals surface area contributed by atoms with Gasteiger partial charge in [-0.15, -0.1) is 11.3 Å². The highest BCUT2D eigenvalue weighted by molar-refractivity contribution is 7.26. The van der Waals surface area contributed by atoms with E-state index < -0.39 is 0 Å². The van der Waals surface area contributed by atoms with E-state index in [-0.39, 0.29) is 0 Å². The lowest BCUT2D eigenvalue weighted by Gasteiger charge is -2.14. The molecule has 54 heavy (non-hydrogen) atoms. The van der Waals surface area contributed by atoms with Gasteiger partial charge in [0, 0.05) is 53.2 Å². The third-order valence-electron chi connectivity index (χ3n) is 10.5. The van der Waals surface area contributed by atoms with E-state index in [1.807, 2.05) is 41.7 Å². The van der Waals surface area contributed by atoms with Crippen molar-refractivity contribution in [3.63, 3.8) is 0 Å². The van der Waals surface area contributed by atoms with E-state index in [1.54, 1.807) is 0 Å². The average molecular weight is 707 g/mol. The van der Waals surface area contributed by atoms with Gasteiger partial charge >= 0.3 is 0 Å². The van der Waals surface area contributed by atoms with Gasteiger partial charge in [-0.1, -0.05) is 146 Å². The minimum absolute atomic E-state index is 0.692. The van der Waals surface area contributed by atoms with E-state index in [4.69, 9.17) is 14.4 Å². The van der Waals surface area contributed by atoms with Crippen LogP contribution in [-0.2, 0) is 0 Å². The molecule has 4 heteroatoms. The fraction of sp³-hybridized carbons (Fsp3) is 0. The lowest BCUT2D eigenvalue weighted by molar-refractivity contribution is 0.670. The summed E-state index contributed by atoms with van der Waals surface area (Å²) in [5, 5.41) is 7.14. The van der Waals surface area contributed by atoms with E-state index in [2.05, 4.69) is 152 Å². The standard InChI is InChI=1S/C50H30N2OS/c1-2-14-32(15-3-1)50-51-44(30-45(52-50)43-24-12-23-42-40-19-7-9-26-47(40)54-49(42)43)35-28-33(37-20-10-16-31-13-4-5-17-36(31)37)27-34(29-35)38-21-11-22-41-39-18-6-8-25-46(39)53-48(38)41/h1-30H. The van der Waals surface area contributed by atoms with Crippen LogP contribution in [0.4, 0.5) is 0 Å². The number of nitrogens with zero attached hydrogens (tertiary/aromatic N) is 2. The Morgan fingerprint density at radius 1 is 0.389 bits per heavy atom. The Hall–Kier alpha value is -6.88. The van der Waals surface area contributed by atoms with Crippen LogP contribution >= 0.6 is 11.3 Å². The molecule has 0 bridgehead atoms. The number of hydrogen-bond donors (Lipinski definition) is 0. The molecular weight excluding hydrogens is 677 g/mol. The number of fused-ring (bicyclic) bond motifs is 7. The molecule has 11 rings (SSSR count). The van der Waals surface area contributed by atoms with Gasteiger partial charge in [-0.25, -0.2) is 9.97 Å². The number of furan rings is 1. The van der Waals surface area contributed by atoms with Gasteiger partial charge in [-0.2, -0.15) is 0 Å². The summed E-state index contributed by atoms with van der Waals surface area (Å²) in [4.78, 5) is 10.6. The smallest absolute Gasteiger partial charge is 0.160 e. The molecule has 0 saturated heterocycles. The number of para-hydroxylation sites is 2. The zero-order valence-corrected chi connectivity index (χ0v) is 29.8. The summed E-state index contributed by atoms with van der Waals surface area (Å²) in [7, 11) is 0. The van der Waals surface area contributed by atoms with Gasteiger partial charge in [-0.05, 0) is 63.9 Å². The molecular formula is C50H30N2OS. The number of hydrogen-bond acceptors (Lipinski definition) is 4. The molecule has 0 radical (unpaired) electrons. The first-order valence-electron chi connectivity index (χ1n) is 18.1. The molecule has 0 spiro atoms. The molecule has 0 amide bonds. The minimum atomic E-state index is 0.692. The van der Waals surface area contributed by atoms with Gasteiger partial charge in [0.2, 0.25) is 0 Å². The van der Waals surface area contributed by atoms with Crippen LogP contribution in [0.1, 0.15) is 0 Å². The van der Waals surface area contributed by atoms with Crippen molar-refractivity contribution in [2.45, 2.75) is 0 Å². The zero-order valence-electron chi connectivity index (χ0n) is 29.0. The predicted octanol–water partition coefficient (Wildman–Crippen LogP) is 14.2. The molecule has 0 atom stereocenters. The quantitative estimate of drug-likeness (QED) is 0.179. The van der Waals surface area contributed by atoms with Gasteiger partial charge < -0.3 is 4.42 Å². The highest BCUT2D eigenvalue weighted by atomic mass is 32.1. The van der Waals surface area contributed by atoms with Crippen LogP contribution in [0.25, 0.3) is 109 Å². The fourth-order valence-electron chi connectivity index (χ4n) is 7.94. The molecule has 11 aromatic rings. The second kappa shape index (κ2) is 12.4. The molecule has 252 valence electrons. The van der Waals surface area contributed by atoms with E-state index in [0.717, 1.165) is 66.7 Å². The maximum absolute atomic E-state index is 6.59. The van der Waals surface area contributed by atoms with E-state index in [9.17, 15) is 0 Å². The Balaban J connectivity index is 1.19. The lowest BCUT2D eigenvalue weighted by atomic mass is 9.91. The first-order valence-corrected chi connectivity index (χ1v) is 19.0. The molecule has 0 fully saturated rings. The van der Waals surface area contributed by atoms with Crippen molar-refractivity contribution >= 4 is 64.2 Å². The summed E-state index contributed by atoms with van der Waals surface area (Å²) in [6.45, 7) is 0. The van der Waals surface area contributed by atoms with Gasteiger partial charge in [0.1, 0.15) is 11.2 Å². The Labute approximate surface area is 315 Å². The van der Waals surface area contributed by atoms with Crippen molar-refractivity contribution in [2.24, 2.45) is 0 Å². The van der Waals surface area contributed by atoms with Gasteiger partial charge in [-0.3, -0.25) is 0 Å². The van der Waals surface area contributed by atoms with E-state index in [1.165, 1.54) is 36.5 Å². The Bertz CT molecular complexity index is 3220. The first kappa shape index (κ1) is 30.7. The Morgan fingerprint density at radius 3 is 1.89 bits per heavy atom. The largest absolute Gasteiger partial charge is 0.455 e. The van der Waals surface area contributed by atoms with Crippen LogP contribution in [-0.4, -0.2) is 9.97 Å². The molecule has 0 unspecified atom stereocenters. The van der Waals surface area contributed by atoms with Crippen molar-refractivity contribution in [3.05, 3.63) is 182 Å². The summed E-state index contributed by atoms with van der Waals surface area (Å²) < 4.78 is 9.09. The van der Waals surface area contributed by atoms with Crippen LogP contribution in [0.5, 0.6) is 0 Å². The van der Waals surface area contributed by atoms with E-state index in [0.29, 0.717) is 5.82 Å². The number of benzene rings is 8. The molecule has 0 saturated carbocycles. The van der Waals surface area contributed by atoms with Crippen LogP contribution < -0.4 is 0 Å². The van der Waals surface area contributed by atoms with Crippen LogP contribution in [0.2, 0.25) is 0 Å². The number of thiophene rings is 1. The van der Waals surface area contributed by atoms with Crippen LogP contribution in [0.3, 0.4) is 0 Å². The summed E-state index contributed by atoms with van der Waals surface area (Å²) in [6, 6.07) is 64.4. The Morgan fingerprint density at radius 2 is 1.00 bits per heavy atom. The third-order valence-corrected chi connectivity index (χ3v) is 11.7. The summed E-state index contributed by atoms with van der Waals surface area (Å²) in [5.41, 5.74) is 11.0. The topological polar surface area (TPSA) is 38.9 Å². The maximum atomic E-state index is 6.59. The minimum Gasteiger partial charge on any atom is -0.455 e. The fourth-order valence-corrected chi connectivity index (χ4v) is 9.16. The Kier molecular flexibility index (Phi) is 7.04. The molecule has 0 aliphatic rings. The van der Waals surface area contributed by atoms with Crippen molar-refractivity contribution in [1.82, 2.24) is 9.97 Å². The third kappa shape index (κ3) is 5.03. The monoisotopic (exact) mass is 706 g/mol. The first-order chi connectivity index (χ1) is 26.7. The average Bonchev–Trinajstić information content (AvgIpc) is 3.82. The predicted molar refractivity (Wildman–Crippen MR) is 227 cm³/mol. The number of rotatable bonds is 5. The zero-order chi connectivity index (χ0) is 35.6. The van der Waals surface area contributed by atoms with Crippen molar-refractivity contribution in [1.29, 1.82) is 0 Å². The molecule has 0 aliphatic carbocycles. The van der Waals surface area contributed by atoms with Gasteiger partial charge in [0.15, 0.2) is 5.82 Å². The van der Waals surface area contributed by atoms with Crippen LogP contribution in [0.15, 0.2) is 186 Å². The molecule has 3 nitrogen and oxygen atoms in total. The summed E-state index contributed by atoms with van der Waals surface area (Å²) in [6.07, 6.45) is 0. The highest BCUT2D eigenvalue weighted by Gasteiger charge is 2.19. The van der Waals surface area contributed by atoms with Crippen molar-refractivity contribution in [2.75, 3.05) is 0 Å². The van der Waals surface area contributed by atoms with E-state index >= 15 is 0 Å². The highest BCUT2D eigenvalue weighted by Crippen LogP contribution is 2.43.